The lowest BCUT2D eigenvalue weighted by molar-refractivity contribution is -0.120. The first-order chi connectivity index (χ1) is 12.6. The highest BCUT2D eigenvalue weighted by molar-refractivity contribution is 5.81. The molecule has 0 bridgehead atoms. The second-order valence-electron chi connectivity index (χ2n) is 6.48. The van der Waals surface area contributed by atoms with E-state index < -0.39 is 0 Å². The first-order valence-corrected chi connectivity index (χ1v) is 8.80. The Bertz CT molecular complexity index is 811. The zero-order chi connectivity index (χ0) is 18.4. The molecular formula is C22H24N2O2. The fraction of sp³-hybridized carbons (Fsp3) is 0.227. The Hall–Kier alpha value is -3.01. The molecule has 3 aromatic rings. The van der Waals surface area contributed by atoms with E-state index in [1.54, 1.807) is 6.26 Å². The molecular weight excluding hydrogens is 324 g/mol. The van der Waals surface area contributed by atoms with Crippen molar-refractivity contribution in [3.05, 3.63) is 89.9 Å². The van der Waals surface area contributed by atoms with Gasteiger partial charge in [0.1, 0.15) is 5.76 Å². The largest absolute Gasteiger partial charge is 0.467 e. The first-order valence-electron chi connectivity index (χ1n) is 8.80. The summed E-state index contributed by atoms with van der Waals surface area (Å²) in [6.07, 6.45) is 1.62. The van der Waals surface area contributed by atoms with Crippen LogP contribution in [0, 0.1) is 6.92 Å². The average Bonchev–Trinajstić information content (AvgIpc) is 3.17. The number of hydrogen-bond donors (Lipinski definition) is 1. The van der Waals surface area contributed by atoms with Gasteiger partial charge in [0.15, 0.2) is 0 Å². The zero-order valence-corrected chi connectivity index (χ0v) is 15.2. The van der Waals surface area contributed by atoms with Crippen LogP contribution in [0.5, 0.6) is 0 Å². The van der Waals surface area contributed by atoms with Gasteiger partial charge in [-0.05, 0) is 43.7 Å². The highest BCUT2D eigenvalue weighted by Crippen LogP contribution is 2.18. The Morgan fingerprint density at radius 3 is 2.42 bits per heavy atom. The third-order valence-corrected chi connectivity index (χ3v) is 4.30. The minimum absolute atomic E-state index is 0.0367. The van der Waals surface area contributed by atoms with Crippen LogP contribution in [0.15, 0.2) is 77.4 Å². The minimum Gasteiger partial charge on any atom is -0.467 e. The standard InChI is InChI=1S/C22H24N2O2/c1-17-10-12-20(13-11-17)24(15-19-7-4-3-5-8-19)16-22(25)23-18(2)21-9-6-14-26-21/h3-14,18H,15-16H2,1-2H3,(H,23,25). The van der Waals surface area contributed by atoms with E-state index in [1.807, 2.05) is 37.3 Å². The topological polar surface area (TPSA) is 45.5 Å². The van der Waals surface area contributed by atoms with E-state index >= 15 is 0 Å². The van der Waals surface area contributed by atoms with Crippen LogP contribution in [-0.4, -0.2) is 12.5 Å². The lowest BCUT2D eigenvalue weighted by Gasteiger charge is -2.25. The second-order valence-corrected chi connectivity index (χ2v) is 6.48. The SMILES string of the molecule is Cc1ccc(N(CC(=O)NC(C)c2ccco2)Cc2ccccc2)cc1. The van der Waals surface area contributed by atoms with Gasteiger partial charge < -0.3 is 14.6 Å². The summed E-state index contributed by atoms with van der Waals surface area (Å²) in [6.45, 7) is 4.93. The van der Waals surface area contributed by atoms with E-state index in [0.717, 1.165) is 11.4 Å². The number of carbonyl (C=O) groups excluding carboxylic acids is 1. The Morgan fingerprint density at radius 1 is 1.04 bits per heavy atom. The molecule has 0 spiro atoms. The lowest BCUT2D eigenvalue weighted by Crippen LogP contribution is -2.38. The molecule has 26 heavy (non-hydrogen) atoms. The number of anilines is 1. The molecule has 0 fully saturated rings. The number of nitrogens with zero attached hydrogens (tertiary/aromatic N) is 1. The number of nitrogens with one attached hydrogen (secondary N) is 1. The maximum absolute atomic E-state index is 12.6. The fourth-order valence-corrected chi connectivity index (χ4v) is 2.87. The molecule has 3 rings (SSSR count). The van der Waals surface area contributed by atoms with Crippen LogP contribution in [0.2, 0.25) is 0 Å². The van der Waals surface area contributed by atoms with Crippen molar-refractivity contribution in [3.63, 3.8) is 0 Å². The van der Waals surface area contributed by atoms with Gasteiger partial charge >= 0.3 is 0 Å². The summed E-state index contributed by atoms with van der Waals surface area (Å²) in [5.74, 6) is 0.716. The normalized spacial score (nSPS) is 11.8. The van der Waals surface area contributed by atoms with Crippen molar-refractivity contribution in [1.29, 1.82) is 0 Å². The molecule has 1 heterocycles. The number of amides is 1. The van der Waals surface area contributed by atoms with Gasteiger partial charge in [-0.3, -0.25) is 4.79 Å². The van der Waals surface area contributed by atoms with Crippen molar-refractivity contribution in [1.82, 2.24) is 5.32 Å². The molecule has 0 aliphatic carbocycles. The Morgan fingerprint density at radius 2 is 1.77 bits per heavy atom. The van der Waals surface area contributed by atoms with Gasteiger partial charge in [-0.2, -0.15) is 0 Å². The summed E-state index contributed by atoms with van der Waals surface area (Å²) in [4.78, 5) is 14.7. The van der Waals surface area contributed by atoms with Crippen LogP contribution >= 0.6 is 0 Å². The number of benzene rings is 2. The molecule has 4 nitrogen and oxygen atoms in total. The zero-order valence-electron chi connectivity index (χ0n) is 15.2. The van der Waals surface area contributed by atoms with E-state index in [4.69, 9.17) is 4.42 Å². The number of carbonyl (C=O) groups is 1. The van der Waals surface area contributed by atoms with E-state index in [1.165, 1.54) is 11.1 Å². The van der Waals surface area contributed by atoms with Crippen LogP contribution in [0.1, 0.15) is 29.9 Å². The van der Waals surface area contributed by atoms with Crippen LogP contribution in [0.3, 0.4) is 0 Å². The summed E-state index contributed by atoms with van der Waals surface area (Å²) in [5.41, 5.74) is 3.39. The maximum atomic E-state index is 12.6. The fourth-order valence-electron chi connectivity index (χ4n) is 2.87. The van der Waals surface area contributed by atoms with Crippen molar-refractivity contribution in [2.45, 2.75) is 26.4 Å². The molecule has 1 amide bonds. The van der Waals surface area contributed by atoms with Crippen molar-refractivity contribution in [2.75, 3.05) is 11.4 Å². The predicted molar refractivity (Wildman–Crippen MR) is 104 cm³/mol. The lowest BCUT2D eigenvalue weighted by atomic mass is 10.1. The van der Waals surface area contributed by atoms with Crippen molar-refractivity contribution in [3.8, 4) is 0 Å². The molecule has 0 radical (unpaired) electrons. The molecule has 0 aliphatic rings. The van der Waals surface area contributed by atoms with Gasteiger partial charge in [0.2, 0.25) is 5.91 Å². The average molecular weight is 348 g/mol. The number of rotatable bonds is 7. The highest BCUT2D eigenvalue weighted by Gasteiger charge is 2.16. The van der Waals surface area contributed by atoms with Crippen LogP contribution < -0.4 is 10.2 Å². The summed E-state index contributed by atoms with van der Waals surface area (Å²) < 4.78 is 5.37. The third-order valence-electron chi connectivity index (χ3n) is 4.30. The van der Waals surface area contributed by atoms with Gasteiger partial charge in [0.25, 0.3) is 0 Å². The van der Waals surface area contributed by atoms with E-state index in [9.17, 15) is 4.79 Å². The first kappa shape index (κ1) is 17.8. The minimum atomic E-state index is -0.158. The third kappa shape index (κ3) is 4.76. The molecule has 134 valence electrons. The molecule has 0 saturated carbocycles. The van der Waals surface area contributed by atoms with E-state index in [-0.39, 0.29) is 18.5 Å². The van der Waals surface area contributed by atoms with Gasteiger partial charge in [-0.25, -0.2) is 0 Å². The molecule has 1 unspecified atom stereocenters. The van der Waals surface area contributed by atoms with Crippen molar-refractivity contribution in [2.24, 2.45) is 0 Å². The smallest absolute Gasteiger partial charge is 0.240 e. The van der Waals surface area contributed by atoms with Crippen molar-refractivity contribution >= 4 is 11.6 Å². The summed E-state index contributed by atoms with van der Waals surface area (Å²) in [6, 6.07) is 22.0. The number of hydrogen-bond acceptors (Lipinski definition) is 3. The molecule has 4 heteroatoms. The van der Waals surface area contributed by atoms with E-state index in [0.29, 0.717) is 6.54 Å². The number of aryl methyl sites for hydroxylation is 1. The molecule has 2 aromatic carbocycles. The molecule has 0 aliphatic heterocycles. The quantitative estimate of drug-likeness (QED) is 0.685. The second kappa shape index (κ2) is 8.39. The van der Waals surface area contributed by atoms with Gasteiger partial charge in [-0.1, -0.05) is 48.0 Å². The molecule has 0 saturated heterocycles. The summed E-state index contributed by atoms with van der Waals surface area (Å²) in [7, 11) is 0. The maximum Gasteiger partial charge on any atom is 0.240 e. The van der Waals surface area contributed by atoms with Crippen LogP contribution in [0.4, 0.5) is 5.69 Å². The Balaban J connectivity index is 1.72. The van der Waals surface area contributed by atoms with Gasteiger partial charge in [0.05, 0.1) is 18.8 Å². The monoisotopic (exact) mass is 348 g/mol. The van der Waals surface area contributed by atoms with Gasteiger partial charge in [0, 0.05) is 12.2 Å². The highest BCUT2D eigenvalue weighted by atomic mass is 16.3. The summed E-state index contributed by atoms with van der Waals surface area (Å²) >= 11 is 0. The number of furan rings is 1. The van der Waals surface area contributed by atoms with Crippen LogP contribution in [-0.2, 0) is 11.3 Å². The Labute approximate surface area is 154 Å². The predicted octanol–water partition coefficient (Wildman–Crippen LogP) is 4.47. The molecule has 1 atom stereocenters. The molecule has 1 N–H and O–H groups in total. The Kier molecular flexibility index (Phi) is 5.74. The van der Waals surface area contributed by atoms with Gasteiger partial charge in [-0.15, -0.1) is 0 Å². The summed E-state index contributed by atoms with van der Waals surface area (Å²) in [5, 5.41) is 3.01. The van der Waals surface area contributed by atoms with Crippen LogP contribution in [0.25, 0.3) is 0 Å². The molecule has 1 aromatic heterocycles. The van der Waals surface area contributed by atoms with E-state index in [2.05, 4.69) is 53.5 Å². The van der Waals surface area contributed by atoms with Crippen molar-refractivity contribution < 1.29 is 9.21 Å².